The number of benzene rings is 1. The van der Waals surface area contributed by atoms with Crippen molar-refractivity contribution in [2.75, 3.05) is 5.32 Å². The molecule has 7 nitrogen and oxygen atoms in total. The van der Waals surface area contributed by atoms with E-state index in [-0.39, 0.29) is 18.7 Å². The van der Waals surface area contributed by atoms with E-state index in [1.54, 1.807) is 19.1 Å². The third-order valence-corrected chi connectivity index (χ3v) is 3.86. The van der Waals surface area contributed by atoms with Gasteiger partial charge in [0.2, 0.25) is 11.8 Å². The Labute approximate surface area is 157 Å². The second-order valence-corrected chi connectivity index (χ2v) is 6.17. The van der Waals surface area contributed by atoms with Gasteiger partial charge in [-0.1, -0.05) is 6.07 Å². The number of carbonyl (C=O) groups excluding carboxylic acids is 3. The quantitative estimate of drug-likeness (QED) is 0.538. The number of hydrogen-bond acceptors (Lipinski definition) is 4. The summed E-state index contributed by atoms with van der Waals surface area (Å²) < 4.78 is 5.29. The summed E-state index contributed by atoms with van der Waals surface area (Å²) in [5.41, 5.74) is 7.41. The number of amides is 3. The van der Waals surface area contributed by atoms with E-state index in [2.05, 4.69) is 16.2 Å². The van der Waals surface area contributed by atoms with Crippen LogP contribution in [0.4, 0.5) is 5.69 Å². The van der Waals surface area contributed by atoms with Gasteiger partial charge in [-0.3, -0.25) is 25.2 Å². The van der Waals surface area contributed by atoms with Gasteiger partial charge >= 0.3 is 0 Å². The first-order valence-electron chi connectivity index (χ1n) is 8.54. The number of aryl methyl sites for hydroxylation is 3. The van der Waals surface area contributed by atoms with E-state index >= 15 is 0 Å². The summed E-state index contributed by atoms with van der Waals surface area (Å²) in [6, 6.07) is 9.12. The zero-order valence-electron chi connectivity index (χ0n) is 15.6. The van der Waals surface area contributed by atoms with Crippen molar-refractivity contribution in [3.63, 3.8) is 0 Å². The number of nitrogens with one attached hydrogen (secondary N) is 3. The molecule has 0 unspecified atom stereocenters. The fourth-order valence-electron chi connectivity index (χ4n) is 2.21. The van der Waals surface area contributed by atoms with Crippen molar-refractivity contribution < 1.29 is 18.8 Å². The second-order valence-electron chi connectivity index (χ2n) is 6.17. The molecule has 2 rings (SSSR count). The summed E-state index contributed by atoms with van der Waals surface area (Å²) in [4.78, 5) is 35.3. The molecule has 0 aliphatic rings. The minimum Gasteiger partial charge on any atom is -0.462 e. The van der Waals surface area contributed by atoms with Gasteiger partial charge in [0, 0.05) is 24.6 Å². The summed E-state index contributed by atoms with van der Waals surface area (Å²) >= 11 is 0. The maximum atomic E-state index is 11.9. The zero-order chi connectivity index (χ0) is 19.8. The topological polar surface area (TPSA) is 100 Å². The van der Waals surface area contributed by atoms with Gasteiger partial charge in [-0.25, -0.2) is 0 Å². The summed E-state index contributed by atoms with van der Waals surface area (Å²) in [6.45, 7) is 5.75. The van der Waals surface area contributed by atoms with Crippen molar-refractivity contribution in [2.24, 2.45) is 0 Å². The Morgan fingerprint density at radius 2 is 1.67 bits per heavy atom. The molecule has 1 aromatic carbocycles. The molecule has 0 spiro atoms. The Morgan fingerprint density at radius 3 is 2.33 bits per heavy atom. The first kappa shape index (κ1) is 20.0. The van der Waals surface area contributed by atoms with Crippen LogP contribution in [0, 0.1) is 20.8 Å². The summed E-state index contributed by atoms with van der Waals surface area (Å²) in [6.07, 6.45) is 2.70. The molecule has 0 radical (unpaired) electrons. The number of hydrazine groups is 1. The van der Waals surface area contributed by atoms with E-state index in [0.29, 0.717) is 11.4 Å². The molecular weight excluding hydrogens is 346 g/mol. The highest BCUT2D eigenvalue weighted by Gasteiger charge is 2.08. The van der Waals surface area contributed by atoms with Crippen LogP contribution >= 0.6 is 0 Å². The van der Waals surface area contributed by atoms with Crippen LogP contribution in [0.1, 0.15) is 35.5 Å². The lowest BCUT2D eigenvalue weighted by Crippen LogP contribution is -2.40. The highest BCUT2D eigenvalue weighted by atomic mass is 16.3. The van der Waals surface area contributed by atoms with Crippen LogP contribution < -0.4 is 16.2 Å². The molecule has 3 amide bonds. The molecule has 0 aliphatic carbocycles. The maximum Gasteiger partial charge on any atom is 0.262 e. The average Bonchev–Trinajstić information content (AvgIpc) is 3.05. The van der Waals surface area contributed by atoms with Crippen molar-refractivity contribution in [3.05, 3.63) is 59.1 Å². The van der Waals surface area contributed by atoms with E-state index < -0.39 is 11.8 Å². The Kier molecular flexibility index (Phi) is 6.93. The van der Waals surface area contributed by atoms with Crippen molar-refractivity contribution in [3.8, 4) is 0 Å². The molecule has 3 N–H and O–H groups in total. The normalized spacial score (nSPS) is 10.6. The molecule has 27 heavy (non-hydrogen) atoms. The van der Waals surface area contributed by atoms with Gasteiger partial charge in [0.1, 0.15) is 11.5 Å². The lowest BCUT2D eigenvalue weighted by Gasteiger charge is -2.08. The van der Waals surface area contributed by atoms with E-state index in [1.807, 2.05) is 32.0 Å². The molecule has 2 aromatic rings. The van der Waals surface area contributed by atoms with Crippen molar-refractivity contribution in [2.45, 2.75) is 33.6 Å². The van der Waals surface area contributed by atoms with Gasteiger partial charge in [0.15, 0.2) is 0 Å². The number of anilines is 1. The molecule has 1 heterocycles. The minimum atomic E-state index is -0.503. The van der Waals surface area contributed by atoms with Crippen molar-refractivity contribution in [1.29, 1.82) is 0 Å². The molecule has 0 atom stereocenters. The van der Waals surface area contributed by atoms with E-state index in [4.69, 9.17) is 4.42 Å². The van der Waals surface area contributed by atoms with Crippen LogP contribution in [-0.2, 0) is 14.4 Å². The van der Waals surface area contributed by atoms with Gasteiger partial charge in [-0.2, -0.15) is 0 Å². The molecule has 0 saturated carbocycles. The largest absolute Gasteiger partial charge is 0.462 e. The minimum absolute atomic E-state index is 0.0101. The SMILES string of the molecule is Cc1ccc(/C=C/C(=O)NNC(=O)CCC(=O)Nc2ccc(C)c(C)c2)o1. The van der Waals surface area contributed by atoms with Gasteiger partial charge in [-0.05, 0) is 62.2 Å². The molecule has 1 aromatic heterocycles. The molecule has 142 valence electrons. The first-order valence-corrected chi connectivity index (χ1v) is 8.54. The molecule has 0 bridgehead atoms. The summed E-state index contributed by atoms with van der Waals surface area (Å²) in [7, 11) is 0. The highest BCUT2D eigenvalue weighted by Crippen LogP contribution is 2.14. The van der Waals surface area contributed by atoms with Crippen LogP contribution in [0.25, 0.3) is 6.08 Å². The number of hydrogen-bond donors (Lipinski definition) is 3. The second kappa shape index (κ2) is 9.38. The summed E-state index contributed by atoms with van der Waals surface area (Å²) in [5.74, 6) is 0.0463. The standard InChI is InChI=1S/C20H23N3O4/c1-13-4-6-16(12-14(13)2)21-18(24)10-11-20(26)23-22-19(25)9-8-17-7-5-15(3)27-17/h4-9,12H,10-11H2,1-3H3,(H,21,24)(H,22,25)(H,23,26)/b9-8+. The monoisotopic (exact) mass is 369 g/mol. The van der Waals surface area contributed by atoms with Gasteiger partial charge in [-0.15, -0.1) is 0 Å². The molecular formula is C20H23N3O4. The fraction of sp³-hybridized carbons (Fsp3) is 0.250. The van der Waals surface area contributed by atoms with E-state index in [1.165, 1.54) is 12.2 Å². The average molecular weight is 369 g/mol. The third-order valence-electron chi connectivity index (χ3n) is 3.86. The van der Waals surface area contributed by atoms with Gasteiger partial charge < -0.3 is 9.73 Å². The third kappa shape index (κ3) is 6.81. The van der Waals surface area contributed by atoms with E-state index in [9.17, 15) is 14.4 Å². The maximum absolute atomic E-state index is 11.9. The molecule has 0 fully saturated rings. The smallest absolute Gasteiger partial charge is 0.262 e. The Morgan fingerprint density at radius 1 is 0.926 bits per heavy atom. The van der Waals surface area contributed by atoms with Crippen LogP contribution in [-0.4, -0.2) is 17.7 Å². The van der Waals surface area contributed by atoms with Crippen LogP contribution in [0.5, 0.6) is 0 Å². The van der Waals surface area contributed by atoms with E-state index in [0.717, 1.165) is 16.9 Å². The predicted octanol–water partition coefficient (Wildman–Crippen LogP) is 2.78. The Bertz CT molecular complexity index is 868. The van der Waals surface area contributed by atoms with Crippen molar-refractivity contribution >= 4 is 29.5 Å². The Balaban J connectivity index is 1.69. The highest BCUT2D eigenvalue weighted by molar-refractivity contribution is 5.95. The lowest BCUT2D eigenvalue weighted by molar-refractivity contribution is -0.128. The number of rotatable bonds is 6. The molecule has 0 aliphatic heterocycles. The van der Waals surface area contributed by atoms with Gasteiger partial charge in [0.25, 0.3) is 5.91 Å². The molecule has 0 saturated heterocycles. The fourth-order valence-corrected chi connectivity index (χ4v) is 2.21. The van der Waals surface area contributed by atoms with Crippen molar-refractivity contribution in [1.82, 2.24) is 10.9 Å². The van der Waals surface area contributed by atoms with Gasteiger partial charge in [0.05, 0.1) is 0 Å². The molecule has 7 heteroatoms. The van der Waals surface area contributed by atoms with Crippen LogP contribution in [0.2, 0.25) is 0 Å². The first-order chi connectivity index (χ1) is 12.8. The lowest BCUT2D eigenvalue weighted by atomic mass is 10.1. The number of furan rings is 1. The van der Waals surface area contributed by atoms with Crippen LogP contribution in [0.15, 0.2) is 40.8 Å². The number of carbonyl (C=O) groups is 3. The predicted molar refractivity (Wildman–Crippen MR) is 103 cm³/mol. The van der Waals surface area contributed by atoms with Crippen LogP contribution in [0.3, 0.4) is 0 Å². The Hall–Kier alpha value is -3.35. The summed E-state index contributed by atoms with van der Waals surface area (Å²) in [5, 5.41) is 2.74. The zero-order valence-corrected chi connectivity index (χ0v) is 15.6.